The number of methoxy groups -OCH3 is 1. The molecule has 2 aromatic heterocycles. The molecular formula is C16H13N5O2S. The van der Waals surface area contributed by atoms with Gasteiger partial charge < -0.3 is 9.72 Å². The van der Waals surface area contributed by atoms with Gasteiger partial charge >= 0.3 is 5.91 Å². The summed E-state index contributed by atoms with van der Waals surface area (Å²) in [4.78, 5) is 23.8. The van der Waals surface area contributed by atoms with Crippen molar-refractivity contribution < 1.29 is 9.53 Å². The van der Waals surface area contributed by atoms with Crippen LogP contribution in [0.1, 0.15) is 10.6 Å². The van der Waals surface area contributed by atoms with Crippen molar-refractivity contribution in [1.82, 2.24) is 20.4 Å². The van der Waals surface area contributed by atoms with Gasteiger partial charge in [-0.1, -0.05) is 23.5 Å². The Morgan fingerprint density at radius 3 is 2.88 bits per heavy atom. The van der Waals surface area contributed by atoms with E-state index in [1.807, 2.05) is 42.5 Å². The highest BCUT2D eigenvalue weighted by molar-refractivity contribution is 7.22. The van der Waals surface area contributed by atoms with E-state index in [0.717, 1.165) is 27.0 Å². The number of H-pyrrole nitrogens is 1. The van der Waals surface area contributed by atoms with Gasteiger partial charge in [-0.25, -0.2) is 9.97 Å². The molecule has 4 aromatic rings. The first-order valence-corrected chi connectivity index (χ1v) is 8.00. The van der Waals surface area contributed by atoms with Crippen molar-refractivity contribution in [2.24, 2.45) is 0 Å². The molecule has 0 saturated heterocycles. The maximum Gasteiger partial charge on any atom is 0.305 e. The summed E-state index contributed by atoms with van der Waals surface area (Å²) in [7, 11) is 1.62. The number of aromatic amines is 1. The first-order chi connectivity index (χ1) is 11.7. The fourth-order valence-electron chi connectivity index (χ4n) is 2.32. The molecule has 2 heterocycles. The highest BCUT2D eigenvalue weighted by Crippen LogP contribution is 2.28. The molecular weight excluding hydrogens is 326 g/mol. The minimum absolute atomic E-state index is 0.242. The molecule has 4 rings (SSSR count). The summed E-state index contributed by atoms with van der Waals surface area (Å²) < 4.78 is 6.16. The first kappa shape index (κ1) is 14.5. The highest BCUT2D eigenvalue weighted by atomic mass is 32.1. The van der Waals surface area contributed by atoms with E-state index in [1.165, 1.54) is 11.3 Å². The second-order valence-electron chi connectivity index (χ2n) is 5.03. The summed E-state index contributed by atoms with van der Waals surface area (Å²) in [5.74, 6) is 0.651. The van der Waals surface area contributed by atoms with Crippen LogP contribution in [-0.4, -0.2) is 28.0 Å². The fraction of sp³-hybridized carbons (Fsp3) is 0.0625. The Hall–Kier alpha value is -3.13. The third-order valence-electron chi connectivity index (χ3n) is 3.48. The molecule has 1 amide bonds. The van der Waals surface area contributed by atoms with Crippen LogP contribution in [0.2, 0.25) is 0 Å². The molecule has 0 bridgehead atoms. The van der Waals surface area contributed by atoms with E-state index in [1.54, 1.807) is 7.11 Å². The Morgan fingerprint density at radius 2 is 2.04 bits per heavy atom. The quantitative estimate of drug-likeness (QED) is 0.497. The lowest BCUT2D eigenvalue weighted by molar-refractivity contribution is 0.0953. The number of hydrogen-bond donors (Lipinski definition) is 3. The molecule has 120 valence electrons. The van der Waals surface area contributed by atoms with Gasteiger partial charge in [0.1, 0.15) is 5.75 Å². The summed E-state index contributed by atoms with van der Waals surface area (Å²) in [5, 5.41) is 0.586. The third kappa shape index (κ3) is 2.63. The van der Waals surface area contributed by atoms with Gasteiger partial charge in [-0.2, -0.15) is 0 Å². The Bertz CT molecular complexity index is 1010. The van der Waals surface area contributed by atoms with Crippen molar-refractivity contribution in [1.29, 1.82) is 0 Å². The van der Waals surface area contributed by atoms with Crippen molar-refractivity contribution in [3.05, 3.63) is 48.3 Å². The van der Waals surface area contributed by atoms with E-state index >= 15 is 0 Å². The zero-order chi connectivity index (χ0) is 16.5. The molecule has 24 heavy (non-hydrogen) atoms. The number of anilines is 1. The molecule has 0 aliphatic carbocycles. The van der Waals surface area contributed by atoms with Crippen molar-refractivity contribution >= 4 is 43.6 Å². The van der Waals surface area contributed by atoms with Gasteiger partial charge in [0.05, 0.1) is 28.4 Å². The molecule has 0 aliphatic heterocycles. The van der Waals surface area contributed by atoms with Crippen LogP contribution in [0, 0.1) is 0 Å². The van der Waals surface area contributed by atoms with E-state index in [9.17, 15) is 4.79 Å². The van der Waals surface area contributed by atoms with Crippen molar-refractivity contribution in [3.8, 4) is 5.75 Å². The third-order valence-corrected chi connectivity index (χ3v) is 4.42. The van der Waals surface area contributed by atoms with Gasteiger partial charge in [0.15, 0.2) is 5.82 Å². The van der Waals surface area contributed by atoms with Gasteiger partial charge in [0.2, 0.25) is 5.13 Å². The summed E-state index contributed by atoms with van der Waals surface area (Å²) in [6.07, 6.45) is 0. The standard InChI is InChI=1S/C16H13N5O2S/c1-23-9-6-7-12-13(8-9)24-16(19-12)21-20-15(22)14-17-10-4-2-3-5-11(10)18-14/h2-8H,1H3,(H,17,18)(H,19,21)(H,20,22). The number of carbonyl (C=O) groups excluding carboxylic acids is 1. The number of fused-ring (bicyclic) bond motifs is 2. The predicted molar refractivity (Wildman–Crippen MR) is 93.4 cm³/mol. The number of nitrogens with zero attached hydrogens (tertiary/aromatic N) is 2. The molecule has 2 aromatic carbocycles. The van der Waals surface area contributed by atoms with E-state index in [-0.39, 0.29) is 11.7 Å². The van der Waals surface area contributed by atoms with Crippen LogP contribution in [0.3, 0.4) is 0 Å². The van der Waals surface area contributed by atoms with Crippen LogP contribution in [0.15, 0.2) is 42.5 Å². The van der Waals surface area contributed by atoms with E-state index < -0.39 is 0 Å². The topological polar surface area (TPSA) is 91.9 Å². The molecule has 0 aliphatic rings. The number of imidazole rings is 1. The monoisotopic (exact) mass is 339 g/mol. The second-order valence-corrected chi connectivity index (χ2v) is 6.07. The molecule has 7 nitrogen and oxygen atoms in total. The number of amides is 1. The van der Waals surface area contributed by atoms with Crippen molar-refractivity contribution in [3.63, 3.8) is 0 Å². The minimum Gasteiger partial charge on any atom is -0.497 e. The summed E-state index contributed by atoms with van der Waals surface area (Å²) in [5.41, 5.74) is 7.82. The lowest BCUT2D eigenvalue weighted by Gasteiger charge is -2.02. The van der Waals surface area contributed by atoms with Crippen LogP contribution in [0.25, 0.3) is 21.3 Å². The number of para-hydroxylation sites is 2. The number of hydrogen-bond acceptors (Lipinski definition) is 6. The number of benzene rings is 2. The Balaban J connectivity index is 1.50. The van der Waals surface area contributed by atoms with Crippen LogP contribution < -0.4 is 15.6 Å². The molecule has 0 unspecified atom stereocenters. The highest BCUT2D eigenvalue weighted by Gasteiger charge is 2.12. The SMILES string of the molecule is COc1ccc2nc(NNC(=O)c3nc4ccccc4[nH]3)sc2c1. The molecule has 0 spiro atoms. The molecule has 3 N–H and O–H groups in total. The van der Waals surface area contributed by atoms with Crippen molar-refractivity contribution in [2.75, 3.05) is 12.5 Å². The number of nitrogens with one attached hydrogen (secondary N) is 3. The molecule has 0 saturated carbocycles. The number of hydrazine groups is 1. The maximum atomic E-state index is 12.2. The molecule has 0 fully saturated rings. The number of rotatable bonds is 4. The van der Waals surface area contributed by atoms with Crippen LogP contribution in [-0.2, 0) is 0 Å². The number of ether oxygens (including phenoxy) is 1. The number of thiazole rings is 1. The lowest BCUT2D eigenvalue weighted by atomic mass is 10.3. The zero-order valence-corrected chi connectivity index (χ0v) is 13.5. The Labute approximate surface area is 140 Å². The maximum absolute atomic E-state index is 12.2. The Morgan fingerprint density at radius 1 is 1.17 bits per heavy atom. The average Bonchev–Trinajstić information content (AvgIpc) is 3.22. The summed E-state index contributed by atoms with van der Waals surface area (Å²) >= 11 is 1.42. The predicted octanol–water partition coefficient (Wildman–Crippen LogP) is 2.94. The number of carbonyl (C=O) groups is 1. The van der Waals surface area contributed by atoms with E-state index in [0.29, 0.717) is 5.13 Å². The van der Waals surface area contributed by atoms with Gasteiger partial charge in [0.25, 0.3) is 0 Å². The van der Waals surface area contributed by atoms with Gasteiger partial charge in [0, 0.05) is 0 Å². The van der Waals surface area contributed by atoms with Gasteiger partial charge in [-0.3, -0.25) is 15.6 Å². The van der Waals surface area contributed by atoms with Crippen LogP contribution in [0.4, 0.5) is 5.13 Å². The lowest BCUT2D eigenvalue weighted by Crippen LogP contribution is -2.30. The normalized spacial score (nSPS) is 10.9. The smallest absolute Gasteiger partial charge is 0.305 e. The average molecular weight is 339 g/mol. The fourth-order valence-corrected chi connectivity index (χ4v) is 3.16. The largest absolute Gasteiger partial charge is 0.497 e. The second kappa shape index (κ2) is 5.82. The zero-order valence-electron chi connectivity index (χ0n) is 12.7. The summed E-state index contributed by atoms with van der Waals surface area (Å²) in [6.45, 7) is 0. The van der Waals surface area contributed by atoms with Crippen LogP contribution in [0.5, 0.6) is 5.75 Å². The van der Waals surface area contributed by atoms with E-state index in [4.69, 9.17) is 4.74 Å². The molecule has 0 atom stereocenters. The van der Waals surface area contributed by atoms with Gasteiger partial charge in [-0.05, 0) is 30.3 Å². The van der Waals surface area contributed by atoms with Gasteiger partial charge in [-0.15, -0.1) is 0 Å². The van der Waals surface area contributed by atoms with E-state index in [2.05, 4.69) is 25.8 Å². The van der Waals surface area contributed by atoms with Crippen molar-refractivity contribution in [2.45, 2.75) is 0 Å². The summed E-state index contributed by atoms with van der Waals surface area (Å²) in [6, 6.07) is 13.1. The minimum atomic E-state index is -0.358. The Kier molecular flexibility index (Phi) is 3.51. The van der Waals surface area contributed by atoms with Crippen LogP contribution >= 0.6 is 11.3 Å². The number of aromatic nitrogens is 3. The molecule has 8 heteroatoms. The first-order valence-electron chi connectivity index (χ1n) is 7.18. The molecule has 0 radical (unpaired) electrons.